The van der Waals surface area contributed by atoms with Crippen LogP contribution in [0.25, 0.3) is 44.1 Å². The fourth-order valence-corrected chi connectivity index (χ4v) is 7.50. The lowest BCUT2D eigenvalue weighted by molar-refractivity contribution is 0.104. The number of ketones is 1. The lowest BCUT2D eigenvalue weighted by Crippen LogP contribution is -2.14. The van der Waals surface area contributed by atoms with Gasteiger partial charge in [-0.2, -0.15) is 0 Å². The van der Waals surface area contributed by atoms with Gasteiger partial charge in [0.2, 0.25) is 0 Å². The highest BCUT2D eigenvalue weighted by Gasteiger charge is 2.29. The van der Waals surface area contributed by atoms with Crippen molar-refractivity contribution in [3.63, 3.8) is 0 Å². The molecule has 41 heavy (non-hydrogen) atoms. The number of hydrogen-bond donors (Lipinski definition) is 1. The molecule has 1 aliphatic carbocycles. The Bertz CT molecular complexity index is 2160. The molecule has 0 radical (unpaired) electrons. The molecular weight excluding hydrogens is 520 g/mol. The smallest absolute Gasteiger partial charge is 0.196 e. The van der Waals surface area contributed by atoms with Crippen molar-refractivity contribution in [1.82, 2.24) is 4.98 Å². The number of aromatic nitrogens is 1. The summed E-state index contributed by atoms with van der Waals surface area (Å²) in [4.78, 5) is 21.8. The molecule has 0 fully saturated rings. The summed E-state index contributed by atoms with van der Waals surface area (Å²) in [6, 6.07) is 44.7. The first-order valence-corrected chi connectivity index (χ1v) is 14.6. The minimum atomic E-state index is 0.0998. The third kappa shape index (κ3) is 3.25. The summed E-state index contributed by atoms with van der Waals surface area (Å²) in [6.07, 6.45) is 0. The van der Waals surface area contributed by atoms with E-state index in [1.807, 2.05) is 36.0 Å². The number of rotatable bonds is 2. The molecule has 0 spiro atoms. The molecular formula is C37H22N2OS. The molecule has 0 atom stereocenters. The number of para-hydroxylation sites is 2. The van der Waals surface area contributed by atoms with Crippen molar-refractivity contribution in [1.29, 1.82) is 0 Å². The molecule has 6 aromatic carbocycles. The van der Waals surface area contributed by atoms with Crippen molar-refractivity contribution in [2.45, 2.75) is 9.79 Å². The number of carbonyl (C=O) groups is 1. The predicted octanol–water partition coefficient (Wildman–Crippen LogP) is 10.1. The van der Waals surface area contributed by atoms with Gasteiger partial charge in [0.05, 0.1) is 22.5 Å². The lowest BCUT2D eigenvalue weighted by Gasteiger charge is -2.32. The number of H-pyrrole nitrogens is 1. The van der Waals surface area contributed by atoms with Crippen molar-refractivity contribution in [3.05, 3.63) is 139 Å². The van der Waals surface area contributed by atoms with E-state index in [-0.39, 0.29) is 5.78 Å². The molecule has 9 rings (SSSR count). The molecule has 1 aromatic heterocycles. The number of benzene rings is 6. The van der Waals surface area contributed by atoms with Gasteiger partial charge in [0.1, 0.15) is 0 Å². The van der Waals surface area contributed by atoms with Gasteiger partial charge in [-0.1, -0.05) is 90.6 Å². The Hall–Kier alpha value is -5.06. The minimum Gasteiger partial charge on any atom is -0.354 e. The van der Waals surface area contributed by atoms with Crippen LogP contribution in [0.15, 0.2) is 137 Å². The van der Waals surface area contributed by atoms with E-state index in [1.165, 1.54) is 21.2 Å². The van der Waals surface area contributed by atoms with E-state index in [2.05, 4.69) is 113 Å². The first kappa shape index (κ1) is 22.7. The molecule has 0 amide bonds. The number of aromatic amines is 1. The zero-order valence-electron chi connectivity index (χ0n) is 21.9. The van der Waals surface area contributed by atoms with Crippen molar-refractivity contribution in [2.24, 2.45) is 0 Å². The lowest BCUT2D eigenvalue weighted by atomic mass is 10.00. The highest BCUT2D eigenvalue weighted by molar-refractivity contribution is 7.99. The van der Waals surface area contributed by atoms with Gasteiger partial charge in [0, 0.05) is 37.3 Å². The third-order valence-corrected chi connectivity index (χ3v) is 9.49. The van der Waals surface area contributed by atoms with Crippen LogP contribution in [0.5, 0.6) is 0 Å². The predicted molar refractivity (Wildman–Crippen MR) is 169 cm³/mol. The quantitative estimate of drug-likeness (QED) is 0.236. The Morgan fingerprint density at radius 2 is 1.22 bits per heavy atom. The Balaban J connectivity index is 1.13. The summed E-state index contributed by atoms with van der Waals surface area (Å²) < 4.78 is 0. The van der Waals surface area contributed by atoms with Crippen molar-refractivity contribution in [3.8, 4) is 22.3 Å². The maximum absolute atomic E-state index is 13.4. The molecule has 0 bridgehead atoms. The highest BCUT2D eigenvalue weighted by Crippen LogP contribution is 2.51. The van der Waals surface area contributed by atoms with Crippen LogP contribution in [-0.4, -0.2) is 10.8 Å². The average molecular weight is 543 g/mol. The maximum Gasteiger partial charge on any atom is 0.196 e. The van der Waals surface area contributed by atoms with Crippen LogP contribution < -0.4 is 4.90 Å². The van der Waals surface area contributed by atoms with Crippen molar-refractivity contribution < 1.29 is 4.79 Å². The Kier molecular flexibility index (Phi) is 4.69. The first-order valence-electron chi connectivity index (χ1n) is 13.7. The summed E-state index contributed by atoms with van der Waals surface area (Å²) in [7, 11) is 0. The fraction of sp³-hybridized carbons (Fsp3) is 0. The van der Waals surface area contributed by atoms with Gasteiger partial charge in [0.15, 0.2) is 5.78 Å². The Morgan fingerprint density at radius 3 is 1.98 bits per heavy atom. The second-order valence-corrected chi connectivity index (χ2v) is 11.7. The number of nitrogens with one attached hydrogen (secondary N) is 1. The topological polar surface area (TPSA) is 36.1 Å². The molecule has 4 heteroatoms. The molecule has 2 heterocycles. The van der Waals surface area contributed by atoms with Gasteiger partial charge in [0.25, 0.3) is 0 Å². The summed E-state index contributed by atoms with van der Waals surface area (Å²) >= 11 is 1.82. The largest absolute Gasteiger partial charge is 0.354 e. The highest BCUT2D eigenvalue weighted by atomic mass is 32.2. The van der Waals surface area contributed by atoms with E-state index in [9.17, 15) is 4.79 Å². The van der Waals surface area contributed by atoms with Crippen LogP contribution in [-0.2, 0) is 0 Å². The normalized spacial score (nSPS) is 13.3. The molecule has 0 saturated carbocycles. The summed E-state index contributed by atoms with van der Waals surface area (Å²) in [5.74, 6) is 0.0998. The first-order chi connectivity index (χ1) is 20.2. The summed E-state index contributed by atoms with van der Waals surface area (Å²) in [5, 5.41) is 2.21. The van der Waals surface area contributed by atoms with Gasteiger partial charge in [-0.15, -0.1) is 0 Å². The molecule has 0 saturated heterocycles. The molecule has 192 valence electrons. The van der Waals surface area contributed by atoms with Gasteiger partial charge in [-0.25, -0.2) is 0 Å². The van der Waals surface area contributed by atoms with E-state index in [0.717, 1.165) is 60.9 Å². The van der Waals surface area contributed by atoms with Gasteiger partial charge >= 0.3 is 0 Å². The molecule has 0 unspecified atom stereocenters. The van der Waals surface area contributed by atoms with Crippen LogP contribution in [0.2, 0.25) is 0 Å². The van der Waals surface area contributed by atoms with Gasteiger partial charge in [-0.3, -0.25) is 4.79 Å². The summed E-state index contributed by atoms with van der Waals surface area (Å²) in [6.45, 7) is 0. The molecule has 1 N–H and O–H groups in total. The zero-order valence-corrected chi connectivity index (χ0v) is 22.7. The standard InChI is InChI=1S/C37H22N2OS/c40-37-28-8-2-1-7-25(28)26-18-19-27-29-21-23(15-20-30(29)38-36(27)35(26)37)22-13-16-24(17-14-22)39-31-9-3-5-11-33(31)41-34-12-6-4-10-32(34)39/h1-21,38H. The van der Waals surface area contributed by atoms with Crippen LogP contribution in [0.4, 0.5) is 17.1 Å². The third-order valence-electron chi connectivity index (χ3n) is 8.35. The van der Waals surface area contributed by atoms with E-state index < -0.39 is 0 Å². The Morgan fingerprint density at radius 1 is 0.561 bits per heavy atom. The van der Waals surface area contributed by atoms with Crippen molar-refractivity contribution >= 4 is 56.4 Å². The Labute approximate surface area is 241 Å². The zero-order chi connectivity index (χ0) is 27.1. The molecule has 1 aliphatic heterocycles. The maximum atomic E-state index is 13.4. The number of nitrogens with zero attached hydrogens (tertiary/aromatic N) is 1. The SMILES string of the molecule is O=C1c2ccccc2-c2ccc3c([nH]c4ccc(-c5ccc(N6c7ccccc7Sc7ccccc76)cc5)cc43)c21. The van der Waals surface area contributed by atoms with E-state index in [4.69, 9.17) is 0 Å². The van der Waals surface area contributed by atoms with Gasteiger partial charge < -0.3 is 9.88 Å². The van der Waals surface area contributed by atoms with Crippen LogP contribution in [0, 0.1) is 0 Å². The second-order valence-electron chi connectivity index (χ2n) is 10.6. The minimum absolute atomic E-state index is 0.0998. The number of carbonyl (C=O) groups excluding carboxylic acids is 1. The van der Waals surface area contributed by atoms with Crippen LogP contribution in [0.3, 0.4) is 0 Å². The number of hydrogen-bond acceptors (Lipinski definition) is 3. The van der Waals surface area contributed by atoms with Gasteiger partial charge in [-0.05, 0) is 70.8 Å². The number of fused-ring (bicyclic) bond motifs is 9. The van der Waals surface area contributed by atoms with Crippen LogP contribution in [0.1, 0.15) is 15.9 Å². The molecule has 3 nitrogen and oxygen atoms in total. The second kappa shape index (κ2) is 8.47. The van der Waals surface area contributed by atoms with Crippen molar-refractivity contribution in [2.75, 3.05) is 4.90 Å². The van der Waals surface area contributed by atoms with Crippen LogP contribution >= 0.6 is 11.8 Å². The van der Waals surface area contributed by atoms with E-state index >= 15 is 0 Å². The fourth-order valence-electron chi connectivity index (χ4n) is 6.44. The monoisotopic (exact) mass is 542 g/mol. The number of anilines is 3. The molecule has 7 aromatic rings. The average Bonchev–Trinajstić information content (AvgIpc) is 3.54. The summed E-state index contributed by atoms with van der Waals surface area (Å²) in [5.41, 5.74) is 11.4. The van der Waals surface area contributed by atoms with E-state index in [0.29, 0.717) is 0 Å². The molecule has 2 aliphatic rings. The van der Waals surface area contributed by atoms with E-state index in [1.54, 1.807) is 0 Å².